The average Bonchev–Trinajstić information content (AvgIpc) is 4.47. The number of halogens is 2. The molecular formula is C59H68F2N14O12. The zero-order chi connectivity index (χ0) is 61.6. The van der Waals surface area contributed by atoms with Crippen LogP contribution in [0.3, 0.4) is 0 Å². The van der Waals surface area contributed by atoms with Gasteiger partial charge in [0.05, 0.1) is 74.4 Å². The molecule has 2 fully saturated rings. The van der Waals surface area contributed by atoms with E-state index in [9.17, 15) is 24.0 Å². The predicted molar refractivity (Wildman–Crippen MR) is 309 cm³/mol. The molecule has 4 aliphatic rings. The summed E-state index contributed by atoms with van der Waals surface area (Å²) < 4.78 is 60.1. The number of pyridine rings is 2. The summed E-state index contributed by atoms with van der Waals surface area (Å²) in [6.07, 6.45) is 9.94. The van der Waals surface area contributed by atoms with Crippen LogP contribution in [0.2, 0.25) is 0 Å². The maximum Gasteiger partial charge on any atom is 0.414 e. The topological polar surface area (TPSA) is 284 Å². The molecule has 0 saturated carbocycles. The van der Waals surface area contributed by atoms with Crippen molar-refractivity contribution in [1.29, 1.82) is 0 Å². The average molecular weight is 1200 g/mol. The quantitative estimate of drug-likeness (QED) is 0.0372. The number of methoxy groups -OCH3 is 1. The Bertz CT molecular complexity index is 3400. The van der Waals surface area contributed by atoms with Gasteiger partial charge in [-0.25, -0.2) is 32.5 Å². The van der Waals surface area contributed by atoms with Crippen LogP contribution in [-0.2, 0) is 56.0 Å². The van der Waals surface area contributed by atoms with E-state index in [4.69, 9.17) is 33.4 Å². The van der Waals surface area contributed by atoms with E-state index >= 15 is 8.78 Å². The van der Waals surface area contributed by atoms with Crippen LogP contribution in [0.15, 0.2) is 108 Å². The van der Waals surface area contributed by atoms with Crippen molar-refractivity contribution in [3.8, 4) is 22.3 Å². The number of aromatic nitrogens is 8. The molecule has 10 rings (SSSR count). The Labute approximate surface area is 499 Å². The second-order valence-corrected chi connectivity index (χ2v) is 21.9. The van der Waals surface area contributed by atoms with Crippen molar-refractivity contribution in [2.45, 2.75) is 109 Å². The van der Waals surface area contributed by atoms with E-state index in [1.54, 1.807) is 111 Å². The van der Waals surface area contributed by atoms with E-state index < -0.39 is 65.7 Å². The molecule has 26 nitrogen and oxygen atoms in total. The molecule has 4 aromatic heterocycles. The van der Waals surface area contributed by atoms with E-state index in [0.29, 0.717) is 108 Å². The molecule has 3 amide bonds. The van der Waals surface area contributed by atoms with Crippen molar-refractivity contribution in [1.82, 2.24) is 50.2 Å². The van der Waals surface area contributed by atoms with E-state index in [2.05, 4.69) is 46.2 Å². The lowest BCUT2D eigenvalue weighted by molar-refractivity contribution is -0.151. The summed E-state index contributed by atoms with van der Waals surface area (Å²) in [7, 11) is 4.84. The van der Waals surface area contributed by atoms with Gasteiger partial charge in [0.15, 0.2) is 6.10 Å². The van der Waals surface area contributed by atoms with Crippen LogP contribution in [0.5, 0.6) is 0 Å². The Kier molecular flexibility index (Phi) is 20.4. The van der Waals surface area contributed by atoms with E-state index in [-0.39, 0.29) is 31.8 Å². The molecule has 5 atom stereocenters. The first-order chi connectivity index (χ1) is 41.9. The number of benzene rings is 2. The SMILES string of the molecule is CNCCCCC(=O)OC[C@@H]1CC(c2ccc(-c3ccc(N4C[C@H](Cn5ccnn5)OC4=O)cc3F)cn2)=NO1.COC(=O)C(CCCN(C)C(=O)OC(C)(C)C)[C@@H]1CC(c2ccc(-c3ccc(N4C[C@H](Cn5ccnn5)OC4=O)cc3F)cn2)=NO1. The highest BCUT2D eigenvalue weighted by Gasteiger charge is 2.38. The number of oxime groups is 2. The lowest BCUT2D eigenvalue weighted by Gasteiger charge is -2.25. The van der Waals surface area contributed by atoms with Gasteiger partial charge in [-0.05, 0) is 109 Å². The minimum absolute atomic E-state index is 0.124. The number of carbonyl (C=O) groups excluding carboxylic acids is 5. The van der Waals surface area contributed by atoms with Crippen LogP contribution >= 0.6 is 0 Å². The number of cyclic esters (lactones) is 2. The van der Waals surface area contributed by atoms with Crippen LogP contribution in [0.4, 0.5) is 34.5 Å². The minimum atomic E-state index is -0.606. The first-order valence-corrected chi connectivity index (χ1v) is 28.4. The van der Waals surface area contributed by atoms with Gasteiger partial charge in [-0.3, -0.25) is 29.4 Å². The molecule has 1 unspecified atom stereocenters. The highest BCUT2D eigenvalue weighted by atomic mass is 19.1. The molecule has 4 aliphatic heterocycles. The van der Waals surface area contributed by atoms with Crippen LogP contribution < -0.4 is 15.1 Å². The van der Waals surface area contributed by atoms with E-state index in [1.807, 2.05) is 7.05 Å². The molecule has 0 radical (unpaired) electrons. The molecule has 1 N–H and O–H groups in total. The molecule has 2 saturated heterocycles. The third kappa shape index (κ3) is 16.5. The summed E-state index contributed by atoms with van der Waals surface area (Å²) in [6.45, 7) is 7.99. The summed E-state index contributed by atoms with van der Waals surface area (Å²) in [6, 6.07) is 16.1. The number of unbranched alkanes of at least 4 members (excludes halogenated alkanes) is 1. The number of carbonyl (C=O) groups is 5. The minimum Gasteiger partial charge on any atom is -0.469 e. The normalized spacial score (nSPS) is 18.3. The van der Waals surface area contributed by atoms with E-state index in [0.717, 1.165) is 19.4 Å². The molecule has 0 spiro atoms. The lowest BCUT2D eigenvalue weighted by Crippen LogP contribution is -2.35. The van der Waals surface area contributed by atoms with Gasteiger partial charge in [0, 0.05) is 79.9 Å². The first-order valence-electron chi connectivity index (χ1n) is 28.4. The Balaban J connectivity index is 0.000000210. The number of hydrogen-bond acceptors (Lipinski definition) is 21. The smallest absolute Gasteiger partial charge is 0.414 e. The van der Waals surface area contributed by atoms with Crippen molar-refractivity contribution >= 4 is 53.0 Å². The second-order valence-electron chi connectivity index (χ2n) is 21.9. The van der Waals surface area contributed by atoms with E-state index in [1.165, 1.54) is 46.3 Å². The summed E-state index contributed by atoms with van der Waals surface area (Å²) >= 11 is 0. The molecule has 0 bridgehead atoms. The molecule has 28 heteroatoms. The van der Waals surface area contributed by atoms with Crippen LogP contribution in [0.25, 0.3) is 22.3 Å². The highest BCUT2D eigenvalue weighted by Crippen LogP contribution is 2.33. The fourth-order valence-electron chi connectivity index (χ4n) is 9.84. The van der Waals surface area contributed by atoms with Gasteiger partial charge < -0.3 is 43.6 Å². The fourth-order valence-corrected chi connectivity index (χ4v) is 9.84. The number of amides is 3. The molecule has 8 heterocycles. The largest absolute Gasteiger partial charge is 0.469 e. The summed E-state index contributed by atoms with van der Waals surface area (Å²) in [5, 5.41) is 26.6. The third-order valence-corrected chi connectivity index (χ3v) is 14.3. The number of nitrogens with zero attached hydrogens (tertiary/aromatic N) is 13. The molecule has 460 valence electrons. The Morgan fingerprint density at radius 3 is 1.80 bits per heavy atom. The fraction of sp³-hybridized carbons (Fsp3) is 0.441. The molecule has 2 aromatic carbocycles. The molecule has 87 heavy (non-hydrogen) atoms. The zero-order valence-electron chi connectivity index (χ0n) is 49.0. The number of anilines is 2. The van der Waals surface area contributed by atoms with Crippen molar-refractivity contribution < 1.29 is 66.1 Å². The number of esters is 2. The second kappa shape index (κ2) is 28.6. The third-order valence-electron chi connectivity index (χ3n) is 14.3. The van der Waals surface area contributed by atoms with Gasteiger partial charge in [0.1, 0.15) is 53.6 Å². The van der Waals surface area contributed by atoms with Gasteiger partial charge >= 0.3 is 30.2 Å². The summed E-state index contributed by atoms with van der Waals surface area (Å²) in [5.74, 6) is -2.30. The Morgan fingerprint density at radius 2 is 1.31 bits per heavy atom. The van der Waals surface area contributed by atoms with Crippen LogP contribution in [0, 0.1) is 17.6 Å². The van der Waals surface area contributed by atoms with Gasteiger partial charge in [-0.1, -0.05) is 32.9 Å². The van der Waals surface area contributed by atoms with Crippen molar-refractivity contribution in [2.24, 2.45) is 16.2 Å². The van der Waals surface area contributed by atoms with Crippen LogP contribution in [-0.4, -0.2) is 171 Å². The van der Waals surface area contributed by atoms with Crippen molar-refractivity contribution in [3.63, 3.8) is 0 Å². The number of hydrogen-bond donors (Lipinski definition) is 1. The maximum absolute atomic E-state index is 15.3. The lowest BCUT2D eigenvalue weighted by atomic mass is 9.92. The molecular weight excluding hydrogens is 1130 g/mol. The Hall–Kier alpha value is -9.47. The Morgan fingerprint density at radius 1 is 0.747 bits per heavy atom. The highest BCUT2D eigenvalue weighted by molar-refractivity contribution is 6.01. The summed E-state index contributed by atoms with van der Waals surface area (Å²) in [5.41, 5.74) is 4.23. The van der Waals surface area contributed by atoms with Gasteiger partial charge in [0.25, 0.3) is 0 Å². The summed E-state index contributed by atoms with van der Waals surface area (Å²) in [4.78, 5) is 85.9. The monoisotopic (exact) mass is 1200 g/mol. The molecule has 0 aliphatic carbocycles. The first kappa shape index (κ1) is 62.1. The van der Waals surface area contributed by atoms with Gasteiger partial charge in [-0.15, -0.1) is 10.2 Å². The maximum atomic E-state index is 15.3. The number of rotatable bonds is 23. The predicted octanol–water partition coefficient (Wildman–Crippen LogP) is 7.36. The van der Waals surface area contributed by atoms with Crippen molar-refractivity contribution in [3.05, 3.63) is 121 Å². The van der Waals surface area contributed by atoms with Gasteiger partial charge in [0.2, 0.25) is 0 Å². The molecule has 6 aromatic rings. The van der Waals surface area contributed by atoms with Gasteiger partial charge in [-0.2, -0.15) is 0 Å². The zero-order valence-corrected chi connectivity index (χ0v) is 49.0. The van der Waals surface area contributed by atoms with Crippen molar-refractivity contribution in [2.75, 3.05) is 63.8 Å². The van der Waals surface area contributed by atoms with Crippen LogP contribution in [0.1, 0.15) is 77.1 Å². The standard InChI is InChI=1S/C32H38FN7O7.C27H30FN7O5/c1-32(2,3)46-30(42)38(4)13-6-7-24(29(41)44-5)28-16-27(36-47-28)26-11-8-20(17-34-26)23-10-9-21(15-25(23)33)40-19-22(45-31(40)43)18-39-14-12-35-37-39;1-29-9-3-2-4-26(36)38-17-20-13-25(32-40-20)24-8-5-18(14-30-24)22-7-6-19(12-23(22)28)35-16-21(39-27(35)37)15-34-11-10-31-33-34/h8-12,14-15,17,22,24,28H,6-7,13,16,18-19H2,1-5H3;5-8,10-12,14,20-21,29H,2-4,9,13,15-17H2,1H3/t22-,24?,28-;20-,21-/m00/s1. The number of nitrogens with one attached hydrogen (secondary N) is 1. The number of ether oxygens (including phenoxy) is 5.